The number of fused-ring (bicyclic) bond motifs is 1. The number of ether oxygens (including phenoxy) is 2. The predicted molar refractivity (Wildman–Crippen MR) is 70.7 cm³/mol. The van der Waals surface area contributed by atoms with Crippen molar-refractivity contribution >= 4 is 22.6 Å². The van der Waals surface area contributed by atoms with Gasteiger partial charge in [-0.05, 0) is 49.1 Å². The van der Waals surface area contributed by atoms with Gasteiger partial charge in [0.15, 0.2) is 0 Å². The molecule has 0 amide bonds. The van der Waals surface area contributed by atoms with Crippen molar-refractivity contribution in [3.63, 3.8) is 0 Å². The topological polar surface area (TPSA) is 35.5 Å². The van der Waals surface area contributed by atoms with Crippen LogP contribution >= 0.6 is 11.6 Å². The van der Waals surface area contributed by atoms with Crippen LogP contribution in [0.4, 0.5) is 0 Å². The molecule has 1 aromatic rings. The summed E-state index contributed by atoms with van der Waals surface area (Å²) in [5.41, 5.74) is 2.57. The number of benzene rings is 1. The van der Waals surface area contributed by atoms with Gasteiger partial charge in [0.2, 0.25) is 0 Å². The van der Waals surface area contributed by atoms with Gasteiger partial charge < -0.3 is 9.47 Å². The second kappa shape index (κ2) is 5.44. The fourth-order valence-corrected chi connectivity index (χ4v) is 2.42. The lowest BCUT2D eigenvalue weighted by Gasteiger charge is -2.19. The Bertz CT molecular complexity index is 506. The Balaban J connectivity index is 2.38. The SMILES string of the molecule is CCOC(=O)C1=C(Cl)c2ccc(OC)cc2CC1. The average Bonchev–Trinajstić information content (AvgIpc) is 2.38. The first-order chi connectivity index (χ1) is 8.67. The monoisotopic (exact) mass is 266 g/mol. The molecule has 0 heterocycles. The number of hydrogen-bond donors (Lipinski definition) is 0. The maximum absolute atomic E-state index is 11.8. The Hall–Kier alpha value is -1.48. The van der Waals surface area contributed by atoms with Crippen LogP contribution in [0.3, 0.4) is 0 Å². The fourth-order valence-electron chi connectivity index (χ4n) is 2.06. The lowest BCUT2D eigenvalue weighted by Crippen LogP contribution is -2.13. The van der Waals surface area contributed by atoms with Crippen LogP contribution in [-0.2, 0) is 16.0 Å². The normalized spacial score (nSPS) is 14.2. The number of rotatable bonds is 3. The number of hydrogen-bond acceptors (Lipinski definition) is 3. The second-order valence-electron chi connectivity index (χ2n) is 4.04. The van der Waals surface area contributed by atoms with Crippen molar-refractivity contribution in [2.24, 2.45) is 0 Å². The van der Waals surface area contributed by atoms with E-state index in [0.29, 0.717) is 23.6 Å². The highest BCUT2D eigenvalue weighted by atomic mass is 35.5. The lowest BCUT2D eigenvalue weighted by molar-refractivity contribution is -0.138. The molecule has 4 heteroatoms. The third-order valence-corrected chi connectivity index (χ3v) is 3.41. The van der Waals surface area contributed by atoms with Crippen LogP contribution in [0, 0.1) is 0 Å². The molecule has 3 nitrogen and oxygen atoms in total. The Morgan fingerprint density at radius 2 is 2.17 bits per heavy atom. The molecule has 18 heavy (non-hydrogen) atoms. The zero-order valence-corrected chi connectivity index (χ0v) is 11.2. The summed E-state index contributed by atoms with van der Waals surface area (Å²) < 4.78 is 10.2. The van der Waals surface area contributed by atoms with E-state index in [1.54, 1.807) is 14.0 Å². The molecule has 1 aromatic carbocycles. The van der Waals surface area contributed by atoms with Gasteiger partial charge in [0, 0.05) is 0 Å². The van der Waals surface area contributed by atoms with E-state index in [9.17, 15) is 4.79 Å². The number of carbonyl (C=O) groups is 1. The van der Waals surface area contributed by atoms with Gasteiger partial charge in [-0.2, -0.15) is 0 Å². The Labute approximate surface area is 111 Å². The van der Waals surface area contributed by atoms with Gasteiger partial charge in [-0.25, -0.2) is 4.79 Å². The molecule has 0 atom stereocenters. The van der Waals surface area contributed by atoms with Crippen molar-refractivity contribution in [3.8, 4) is 5.75 Å². The molecule has 2 rings (SSSR count). The minimum Gasteiger partial charge on any atom is -0.497 e. The highest BCUT2D eigenvalue weighted by Crippen LogP contribution is 2.36. The van der Waals surface area contributed by atoms with Gasteiger partial charge in [0.1, 0.15) is 5.75 Å². The van der Waals surface area contributed by atoms with Gasteiger partial charge in [-0.3, -0.25) is 0 Å². The van der Waals surface area contributed by atoms with E-state index in [1.807, 2.05) is 18.2 Å². The van der Waals surface area contributed by atoms with Crippen LogP contribution in [0.2, 0.25) is 0 Å². The zero-order chi connectivity index (χ0) is 13.1. The molecule has 1 aliphatic rings. The molecule has 0 spiro atoms. The molecule has 0 radical (unpaired) electrons. The van der Waals surface area contributed by atoms with Gasteiger partial charge in [0.05, 0.1) is 24.3 Å². The summed E-state index contributed by atoms with van der Waals surface area (Å²) in [6.45, 7) is 2.15. The van der Waals surface area contributed by atoms with E-state index in [4.69, 9.17) is 21.1 Å². The van der Waals surface area contributed by atoms with Gasteiger partial charge in [-0.15, -0.1) is 0 Å². The van der Waals surface area contributed by atoms with Gasteiger partial charge in [-0.1, -0.05) is 11.6 Å². The first-order valence-corrected chi connectivity index (χ1v) is 6.28. The molecule has 1 aliphatic carbocycles. The summed E-state index contributed by atoms with van der Waals surface area (Å²) in [5.74, 6) is 0.488. The molecular weight excluding hydrogens is 252 g/mol. The summed E-state index contributed by atoms with van der Waals surface area (Å²) in [5, 5.41) is 0.498. The summed E-state index contributed by atoms with van der Waals surface area (Å²) in [7, 11) is 1.63. The average molecular weight is 267 g/mol. The van der Waals surface area contributed by atoms with Crippen LogP contribution in [0.1, 0.15) is 24.5 Å². The Morgan fingerprint density at radius 3 is 2.83 bits per heavy atom. The first-order valence-electron chi connectivity index (χ1n) is 5.90. The summed E-state index contributed by atoms with van der Waals surface area (Å²) in [6, 6.07) is 5.68. The number of methoxy groups -OCH3 is 1. The Morgan fingerprint density at radius 1 is 1.39 bits per heavy atom. The summed E-state index contributed by atoms with van der Waals surface area (Å²) in [6.07, 6.45) is 1.38. The largest absolute Gasteiger partial charge is 0.497 e. The Kier molecular flexibility index (Phi) is 3.92. The number of halogens is 1. The first kappa shape index (κ1) is 13.0. The molecule has 0 bridgehead atoms. The van der Waals surface area contributed by atoms with Crippen molar-refractivity contribution in [1.82, 2.24) is 0 Å². The van der Waals surface area contributed by atoms with E-state index in [2.05, 4.69) is 0 Å². The number of esters is 1. The predicted octanol–water partition coefficient (Wildman–Crippen LogP) is 3.15. The van der Waals surface area contributed by atoms with Crippen molar-refractivity contribution in [3.05, 3.63) is 34.9 Å². The maximum Gasteiger partial charge on any atom is 0.335 e. The second-order valence-corrected chi connectivity index (χ2v) is 4.41. The zero-order valence-electron chi connectivity index (χ0n) is 10.5. The fraction of sp³-hybridized carbons (Fsp3) is 0.357. The summed E-state index contributed by atoms with van der Waals surface area (Å²) in [4.78, 5) is 11.8. The van der Waals surface area contributed by atoms with Crippen LogP contribution in [-0.4, -0.2) is 19.7 Å². The quantitative estimate of drug-likeness (QED) is 0.789. The van der Waals surface area contributed by atoms with Crippen molar-refractivity contribution in [2.75, 3.05) is 13.7 Å². The van der Waals surface area contributed by atoms with Gasteiger partial charge >= 0.3 is 5.97 Å². The molecule has 0 aromatic heterocycles. The van der Waals surface area contributed by atoms with E-state index in [-0.39, 0.29) is 5.97 Å². The molecule has 0 saturated heterocycles. The lowest BCUT2D eigenvalue weighted by atomic mass is 9.92. The van der Waals surface area contributed by atoms with Crippen molar-refractivity contribution < 1.29 is 14.3 Å². The van der Waals surface area contributed by atoms with Crippen LogP contribution < -0.4 is 4.74 Å². The molecule has 0 saturated carbocycles. The minimum atomic E-state index is -0.316. The van der Waals surface area contributed by atoms with E-state index >= 15 is 0 Å². The van der Waals surface area contributed by atoms with Crippen LogP contribution in [0.15, 0.2) is 23.8 Å². The molecule has 0 fully saturated rings. The van der Waals surface area contributed by atoms with Crippen molar-refractivity contribution in [2.45, 2.75) is 19.8 Å². The molecule has 0 unspecified atom stereocenters. The minimum absolute atomic E-state index is 0.316. The number of aryl methyl sites for hydroxylation is 1. The molecular formula is C14H15ClO3. The third-order valence-electron chi connectivity index (χ3n) is 2.98. The van der Waals surface area contributed by atoms with E-state index in [1.165, 1.54) is 0 Å². The van der Waals surface area contributed by atoms with E-state index in [0.717, 1.165) is 23.3 Å². The molecule has 96 valence electrons. The van der Waals surface area contributed by atoms with Gasteiger partial charge in [0.25, 0.3) is 0 Å². The summed E-state index contributed by atoms with van der Waals surface area (Å²) >= 11 is 6.28. The maximum atomic E-state index is 11.8. The number of carbonyl (C=O) groups excluding carboxylic acids is 1. The molecule has 0 aliphatic heterocycles. The third kappa shape index (κ3) is 2.36. The van der Waals surface area contributed by atoms with Crippen LogP contribution in [0.25, 0.3) is 5.03 Å². The highest BCUT2D eigenvalue weighted by Gasteiger charge is 2.23. The highest BCUT2D eigenvalue weighted by molar-refractivity contribution is 6.51. The van der Waals surface area contributed by atoms with Crippen LogP contribution in [0.5, 0.6) is 5.75 Å². The molecule has 0 N–H and O–H groups in total. The standard InChI is InChI=1S/C14H15ClO3/c1-3-18-14(16)12-6-4-9-8-10(17-2)5-7-11(9)13(12)15/h5,7-8H,3-4,6H2,1-2H3. The van der Waals surface area contributed by atoms with Crippen molar-refractivity contribution in [1.29, 1.82) is 0 Å². The van der Waals surface area contributed by atoms with E-state index < -0.39 is 0 Å². The smallest absolute Gasteiger partial charge is 0.335 e.